The van der Waals surface area contributed by atoms with Gasteiger partial charge in [0.1, 0.15) is 17.5 Å². The van der Waals surface area contributed by atoms with E-state index in [1.165, 1.54) is 0 Å². The lowest BCUT2D eigenvalue weighted by Crippen LogP contribution is -2.38. The Bertz CT molecular complexity index is 483. The number of nitrogen functional groups attached to an aromatic ring is 1. The number of carbonyl (C=O) groups is 1. The zero-order valence-electron chi connectivity index (χ0n) is 12.9. The number of nitrogens with one attached hydrogen (secondary N) is 1. The van der Waals surface area contributed by atoms with Crippen molar-refractivity contribution in [1.29, 1.82) is 0 Å². The van der Waals surface area contributed by atoms with Crippen LogP contribution in [0, 0.1) is 5.92 Å². The number of nitrogens with zero attached hydrogens (tertiary/aromatic N) is 3. The number of amides is 1. The molecule has 2 rings (SSSR count). The zero-order chi connectivity index (χ0) is 15.2. The van der Waals surface area contributed by atoms with Crippen molar-refractivity contribution in [3.63, 3.8) is 0 Å². The van der Waals surface area contributed by atoms with Crippen LogP contribution in [0.4, 0.5) is 11.6 Å². The molecule has 0 unspecified atom stereocenters. The zero-order valence-corrected chi connectivity index (χ0v) is 12.9. The minimum Gasteiger partial charge on any atom is -0.384 e. The van der Waals surface area contributed by atoms with Gasteiger partial charge in [0, 0.05) is 39.0 Å². The van der Waals surface area contributed by atoms with Gasteiger partial charge in [-0.05, 0) is 25.2 Å². The fraction of sp³-hybridized carbons (Fsp3) is 0.667. The molecule has 1 amide bonds. The molecule has 0 aromatic carbocycles. The van der Waals surface area contributed by atoms with Crippen molar-refractivity contribution < 1.29 is 4.79 Å². The van der Waals surface area contributed by atoms with Crippen LogP contribution >= 0.6 is 0 Å². The number of hydrogen-bond acceptors (Lipinski definition) is 5. The van der Waals surface area contributed by atoms with Crippen LogP contribution in [0.25, 0.3) is 0 Å². The molecule has 116 valence electrons. The number of hydrogen-bond donors (Lipinski definition) is 2. The number of nitrogens with two attached hydrogens (primary N) is 1. The van der Waals surface area contributed by atoms with Crippen molar-refractivity contribution in [2.45, 2.75) is 39.5 Å². The summed E-state index contributed by atoms with van der Waals surface area (Å²) in [5.41, 5.74) is 5.88. The predicted molar refractivity (Wildman–Crippen MR) is 84.1 cm³/mol. The maximum atomic E-state index is 11.0. The maximum absolute atomic E-state index is 11.0. The van der Waals surface area contributed by atoms with Gasteiger partial charge in [-0.1, -0.05) is 6.92 Å². The van der Waals surface area contributed by atoms with Crippen LogP contribution in [-0.2, 0) is 11.2 Å². The van der Waals surface area contributed by atoms with E-state index in [4.69, 9.17) is 5.73 Å². The Kier molecular flexibility index (Phi) is 5.36. The van der Waals surface area contributed by atoms with E-state index < -0.39 is 0 Å². The lowest BCUT2D eigenvalue weighted by atomic mass is 9.97. The van der Waals surface area contributed by atoms with E-state index in [0.29, 0.717) is 11.7 Å². The molecule has 1 aliphatic heterocycles. The first kappa shape index (κ1) is 15.5. The quantitative estimate of drug-likeness (QED) is 0.856. The van der Waals surface area contributed by atoms with Crippen molar-refractivity contribution in [3.05, 3.63) is 11.9 Å². The number of rotatable bonds is 5. The van der Waals surface area contributed by atoms with E-state index in [1.807, 2.05) is 6.07 Å². The highest BCUT2D eigenvalue weighted by atomic mass is 16.1. The van der Waals surface area contributed by atoms with Gasteiger partial charge >= 0.3 is 0 Å². The molecule has 0 saturated carbocycles. The molecule has 1 fully saturated rings. The average Bonchev–Trinajstić information content (AvgIpc) is 2.45. The Hall–Kier alpha value is -1.85. The molecule has 1 aliphatic rings. The van der Waals surface area contributed by atoms with Crippen molar-refractivity contribution in [2.75, 3.05) is 30.3 Å². The molecular weight excluding hydrogens is 266 g/mol. The van der Waals surface area contributed by atoms with Gasteiger partial charge in [0.15, 0.2) is 0 Å². The molecular formula is C15H25N5O. The summed E-state index contributed by atoms with van der Waals surface area (Å²) in [6.45, 7) is 6.35. The van der Waals surface area contributed by atoms with E-state index >= 15 is 0 Å². The van der Waals surface area contributed by atoms with Crippen LogP contribution in [0.15, 0.2) is 6.07 Å². The summed E-state index contributed by atoms with van der Waals surface area (Å²) in [5, 5.41) is 2.90. The predicted octanol–water partition coefficient (Wildman–Crippen LogP) is 1.36. The highest BCUT2D eigenvalue weighted by Crippen LogP contribution is 2.22. The second-order valence-electron chi connectivity index (χ2n) is 5.68. The van der Waals surface area contributed by atoms with Gasteiger partial charge in [-0.15, -0.1) is 0 Å². The van der Waals surface area contributed by atoms with E-state index in [9.17, 15) is 4.79 Å². The Morgan fingerprint density at radius 3 is 2.76 bits per heavy atom. The molecule has 0 atom stereocenters. The topological polar surface area (TPSA) is 84.1 Å². The summed E-state index contributed by atoms with van der Waals surface area (Å²) in [6, 6.07) is 1.85. The van der Waals surface area contributed by atoms with E-state index in [0.717, 1.165) is 57.0 Å². The first-order valence-corrected chi connectivity index (χ1v) is 7.71. The van der Waals surface area contributed by atoms with Crippen LogP contribution in [-0.4, -0.2) is 35.5 Å². The minimum absolute atomic E-state index is 0.0465. The fourth-order valence-corrected chi connectivity index (χ4v) is 2.65. The highest BCUT2D eigenvalue weighted by molar-refractivity contribution is 5.72. The van der Waals surface area contributed by atoms with Gasteiger partial charge in [0.25, 0.3) is 0 Å². The minimum atomic E-state index is 0.0465. The smallest absolute Gasteiger partial charge is 0.216 e. The van der Waals surface area contributed by atoms with Crippen molar-refractivity contribution in [1.82, 2.24) is 15.3 Å². The maximum Gasteiger partial charge on any atom is 0.216 e. The van der Waals surface area contributed by atoms with Gasteiger partial charge in [-0.25, -0.2) is 9.97 Å². The van der Waals surface area contributed by atoms with Gasteiger partial charge in [-0.2, -0.15) is 0 Å². The molecule has 6 nitrogen and oxygen atoms in total. The lowest BCUT2D eigenvalue weighted by Gasteiger charge is -2.33. The Balaban J connectivity index is 1.94. The van der Waals surface area contributed by atoms with Crippen LogP contribution in [0.3, 0.4) is 0 Å². The first-order chi connectivity index (χ1) is 10.1. The first-order valence-electron chi connectivity index (χ1n) is 7.71. The number of piperidine rings is 1. The van der Waals surface area contributed by atoms with Crippen LogP contribution < -0.4 is 16.0 Å². The molecule has 21 heavy (non-hydrogen) atoms. The molecule has 1 saturated heterocycles. The van der Waals surface area contributed by atoms with Crippen molar-refractivity contribution in [3.8, 4) is 0 Å². The third-order valence-electron chi connectivity index (χ3n) is 3.83. The summed E-state index contributed by atoms with van der Waals surface area (Å²) in [6.07, 6.45) is 4.00. The molecule has 0 spiro atoms. The summed E-state index contributed by atoms with van der Waals surface area (Å²) >= 11 is 0. The average molecular weight is 291 g/mol. The van der Waals surface area contributed by atoms with Crippen molar-refractivity contribution in [2.24, 2.45) is 5.92 Å². The SMILES string of the molecule is CCCc1nc(N)cc(N2CCC(CNC(C)=O)CC2)n1. The number of anilines is 2. The highest BCUT2D eigenvalue weighted by Gasteiger charge is 2.21. The summed E-state index contributed by atoms with van der Waals surface area (Å²) < 4.78 is 0. The molecule has 3 N–H and O–H groups in total. The summed E-state index contributed by atoms with van der Waals surface area (Å²) in [7, 11) is 0. The van der Waals surface area contributed by atoms with E-state index in [1.54, 1.807) is 6.92 Å². The molecule has 1 aromatic heterocycles. The normalized spacial score (nSPS) is 16.0. The van der Waals surface area contributed by atoms with Gasteiger partial charge < -0.3 is 16.0 Å². The Morgan fingerprint density at radius 1 is 1.43 bits per heavy atom. The van der Waals surface area contributed by atoms with Crippen LogP contribution in [0.2, 0.25) is 0 Å². The summed E-state index contributed by atoms with van der Waals surface area (Å²) in [4.78, 5) is 22.1. The molecule has 1 aromatic rings. The molecule has 0 aliphatic carbocycles. The number of carbonyl (C=O) groups excluding carboxylic acids is 1. The molecule has 2 heterocycles. The fourth-order valence-electron chi connectivity index (χ4n) is 2.65. The van der Waals surface area contributed by atoms with Gasteiger partial charge in [-0.3, -0.25) is 4.79 Å². The lowest BCUT2D eigenvalue weighted by molar-refractivity contribution is -0.119. The number of aryl methyl sites for hydroxylation is 1. The Labute approximate surface area is 126 Å². The third kappa shape index (κ3) is 4.58. The number of aromatic nitrogens is 2. The van der Waals surface area contributed by atoms with E-state index in [-0.39, 0.29) is 5.91 Å². The monoisotopic (exact) mass is 291 g/mol. The molecule has 0 radical (unpaired) electrons. The van der Waals surface area contributed by atoms with Gasteiger partial charge in [0.05, 0.1) is 0 Å². The van der Waals surface area contributed by atoms with Crippen molar-refractivity contribution >= 4 is 17.5 Å². The molecule has 6 heteroatoms. The van der Waals surface area contributed by atoms with Crippen LogP contribution in [0.5, 0.6) is 0 Å². The van der Waals surface area contributed by atoms with E-state index in [2.05, 4.69) is 27.1 Å². The van der Waals surface area contributed by atoms with Gasteiger partial charge in [0.2, 0.25) is 5.91 Å². The second kappa shape index (κ2) is 7.24. The second-order valence-corrected chi connectivity index (χ2v) is 5.68. The third-order valence-corrected chi connectivity index (χ3v) is 3.83. The standard InChI is InChI=1S/C15H25N5O/c1-3-4-14-18-13(16)9-15(19-14)20-7-5-12(6-8-20)10-17-11(2)21/h9,12H,3-8,10H2,1-2H3,(H,17,21)(H2,16,18,19). The molecule has 0 bridgehead atoms. The Morgan fingerprint density at radius 2 is 2.14 bits per heavy atom. The van der Waals surface area contributed by atoms with Crippen LogP contribution in [0.1, 0.15) is 38.9 Å². The summed E-state index contributed by atoms with van der Waals surface area (Å²) in [5.74, 6) is 2.91. The largest absolute Gasteiger partial charge is 0.384 e.